The van der Waals surface area contributed by atoms with E-state index in [1.165, 1.54) is 6.33 Å². The van der Waals surface area contributed by atoms with Crippen LogP contribution in [0.4, 0.5) is 11.6 Å². The summed E-state index contributed by atoms with van der Waals surface area (Å²) in [7, 11) is 4.11. The van der Waals surface area contributed by atoms with Gasteiger partial charge in [-0.1, -0.05) is 13.8 Å². The van der Waals surface area contributed by atoms with Crippen molar-refractivity contribution in [2.75, 3.05) is 31.7 Å². The molecule has 0 aliphatic heterocycles. The minimum absolute atomic E-state index is 0.315. The van der Waals surface area contributed by atoms with Gasteiger partial charge in [-0.05, 0) is 35.9 Å². The zero-order valence-electron chi connectivity index (χ0n) is 10.7. The highest BCUT2D eigenvalue weighted by Gasteiger charge is 2.16. The van der Waals surface area contributed by atoms with Crippen LogP contribution in [-0.2, 0) is 0 Å². The molecule has 17 heavy (non-hydrogen) atoms. The summed E-state index contributed by atoms with van der Waals surface area (Å²) in [4.78, 5) is 10.3. The van der Waals surface area contributed by atoms with Crippen LogP contribution in [0.15, 0.2) is 10.8 Å². The lowest BCUT2D eigenvalue weighted by atomic mass is 10.0. The number of aromatic nitrogens is 2. The molecule has 1 aromatic rings. The van der Waals surface area contributed by atoms with E-state index in [-0.39, 0.29) is 0 Å². The number of nitrogen functional groups attached to an aromatic ring is 1. The van der Waals surface area contributed by atoms with Gasteiger partial charge in [0.05, 0.1) is 0 Å². The molecule has 0 bridgehead atoms. The molecule has 1 heterocycles. The third kappa shape index (κ3) is 4.12. The van der Waals surface area contributed by atoms with Crippen LogP contribution in [0.25, 0.3) is 0 Å². The standard InChI is InChI=1S/C11H20BrN5/c1-7(2)8(5-17(3)4)16-11-9(12)10(13)14-6-15-11/h6-8H,5H2,1-4H3,(H3,13,14,15,16). The Morgan fingerprint density at radius 1 is 1.41 bits per heavy atom. The van der Waals surface area contributed by atoms with E-state index < -0.39 is 0 Å². The van der Waals surface area contributed by atoms with Crippen molar-refractivity contribution in [2.24, 2.45) is 5.92 Å². The van der Waals surface area contributed by atoms with E-state index in [2.05, 4.69) is 64.1 Å². The molecule has 3 N–H and O–H groups in total. The van der Waals surface area contributed by atoms with E-state index in [1.807, 2.05) is 0 Å². The Morgan fingerprint density at radius 2 is 2.06 bits per heavy atom. The van der Waals surface area contributed by atoms with Crippen molar-refractivity contribution in [1.29, 1.82) is 0 Å². The first-order chi connectivity index (χ1) is 7.91. The first-order valence-corrected chi connectivity index (χ1v) is 6.38. The van der Waals surface area contributed by atoms with Crippen molar-refractivity contribution < 1.29 is 0 Å². The fourth-order valence-corrected chi connectivity index (χ4v) is 1.80. The molecule has 0 aliphatic rings. The van der Waals surface area contributed by atoms with Crippen molar-refractivity contribution in [2.45, 2.75) is 19.9 Å². The molecule has 0 spiro atoms. The molecule has 0 fully saturated rings. The Kier molecular flexibility index (Phi) is 5.14. The third-order valence-electron chi connectivity index (χ3n) is 2.51. The molecule has 0 amide bonds. The third-order valence-corrected chi connectivity index (χ3v) is 3.29. The normalized spacial score (nSPS) is 13.1. The molecular formula is C11H20BrN5. The van der Waals surface area contributed by atoms with Crippen molar-refractivity contribution in [3.63, 3.8) is 0 Å². The van der Waals surface area contributed by atoms with Crippen LogP contribution in [-0.4, -0.2) is 41.5 Å². The monoisotopic (exact) mass is 301 g/mol. The van der Waals surface area contributed by atoms with Crippen LogP contribution < -0.4 is 11.1 Å². The van der Waals surface area contributed by atoms with Gasteiger partial charge in [0.15, 0.2) is 0 Å². The predicted molar refractivity (Wildman–Crippen MR) is 74.9 cm³/mol. The largest absolute Gasteiger partial charge is 0.383 e. The van der Waals surface area contributed by atoms with Crippen molar-refractivity contribution in [1.82, 2.24) is 14.9 Å². The molecule has 0 aromatic carbocycles. The lowest BCUT2D eigenvalue weighted by Gasteiger charge is -2.26. The molecule has 0 saturated heterocycles. The molecule has 0 aliphatic carbocycles. The maximum absolute atomic E-state index is 5.73. The van der Waals surface area contributed by atoms with E-state index in [4.69, 9.17) is 5.73 Å². The Bertz CT molecular complexity index is 367. The molecule has 1 rings (SSSR count). The Hall–Kier alpha value is -0.880. The number of rotatable bonds is 5. The van der Waals surface area contributed by atoms with Crippen molar-refractivity contribution >= 4 is 27.6 Å². The zero-order valence-corrected chi connectivity index (χ0v) is 12.3. The summed E-state index contributed by atoms with van der Waals surface area (Å²) < 4.78 is 0.726. The number of nitrogens with zero attached hydrogens (tertiary/aromatic N) is 3. The van der Waals surface area contributed by atoms with Gasteiger partial charge in [-0.25, -0.2) is 9.97 Å². The highest BCUT2D eigenvalue weighted by atomic mass is 79.9. The molecule has 5 nitrogen and oxygen atoms in total. The van der Waals surface area contributed by atoms with Gasteiger partial charge in [0.25, 0.3) is 0 Å². The van der Waals surface area contributed by atoms with Crippen LogP contribution >= 0.6 is 15.9 Å². The maximum atomic E-state index is 5.73. The molecular weight excluding hydrogens is 282 g/mol. The summed E-state index contributed by atoms with van der Waals surface area (Å²) in [5, 5.41) is 3.40. The second-order valence-corrected chi connectivity index (χ2v) is 5.47. The topological polar surface area (TPSA) is 67.1 Å². The van der Waals surface area contributed by atoms with Crippen LogP contribution in [0.1, 0.15) is 13.8 Å². The van der Waals surface area contributed by atoms with Crippen LogP contribution in [0.5, 0.6) is 0 Å². The van der Waals surface area contributed by atoms with Crippen LogP contribution in [0.2, 0.25) is 0 Å². The van der Waals surface area contributed by atoms with E-state index in [0.717, 1.165) is 16.8 Å². The Balaban J connectivity index is 2.82. The zero-order chi connectivity index (χ0) is 13.0. The molecule has 1 atom stereocenters. The second kappa shape index (κ2) is 6.16. The Labute approximate surface area is 111 Å². The van der Waals surface area contributed by atoms with Crippen molar-refractivity contribution in [3.05, 3.63) is 10.8 Å². The lowest BCUT2D eigenvalue weighted by molar-refractivity contribution is 0.344. The molecule has 96 valence electrons. The van der Waals surface area contributed by atoms with Crippen molar-refractivity contribution in [3.8, 4) is 0 Å². The lowest BCUT2D eigenvalue weighted by Crippen LogP contribution is -2.36. The van der Waals surface area contributed by atoms with Gasteiger partial charge < -0.3 is 16.0 Å². The second-order valence-electron chi connectivity index (χ2n) is 4.68. The van der Waals surface area contributed by atoms with Gasteiger partial charge in [-0.3, -0.25) is 0 Å². The van der Waals surface area contributed by atoms with Gasteiger partial charge >= 0.3 is 0 Å². The number of anilines is 2. The number of halogens is 1. The first kappa shape index (κ1) is 14.2. The summed E-state index contributed by atoms with van der Waals surface area (Å²) in [5.74, 6) is 1.70. The average molecular weight is 302 g/mol. The average Bonchev–Trinajstić information content (AvgIpc) is 2.22. The Morgan fingerprint density at radius 3 is 2.59 bits per heavy atom. The molecule has 6 heteroatoms. The summed E-state index contributed by atoms with van der Waals surface area (Å²) in [5.41, 5.74) is 5.73. The minimum atomic E-state index is 0.315. The molecule has 0 saturated carbocycles. The number of likely N-dealkylation sites (N-methyl/N-ethyl adjacent to an activating group) is 1. The predicted octanol–water partition coefficient (Wildman–Crippen LogP) is 1.82. The van der Waals surface area contributed by atoms with E-state index in [1.54, 1.807) is 0 Å². The SMILES string of the molecule is CC(C)C(CN(C)C)Nc1ncnc(N)c1Br. The summed E-state index contributed by atoms with van der Waals surface area (Å²) in [6, 6.07) is 0.315. The van der Waals surface area contributed by atoms with E-state index in [0.29, 0.717) is 17.8 Å². The van der Waals surface area contributed by atoms with Gasteiger partial charge in [0.2, 0.25) is 0 Å². The summed E-state index contributed by atoms with van der Waals surface area (Å²) in [6.07, 6.45) is 1.47. The van der Waals surface area contributed by atoms with E-state index >= 15 is 0 Å². The minimum Gasteiger partial charge on any atom is -0.383 e. The smallest absolute Gasteiger partial charge is 0.146 e. The van der Waals surface area contributed by atoms with E-state index in [9.17, 15) is 0 Å². The fourth-order valence-electron chi connectivity index (χ4n) is 1.48. The summed E-state index contributed by atoms with van der Waals surface area (Å²) >= 11 is 3.40. The first-order valence-electron chi connectivity index (χ1n) is 5.59. The number of nitrogens with two attached hydrogens (primary N) is 1. The number of hydrogen-bond acceptors (Lipinski definition) is 5. The van der Waals surface area contributed by atoms with Gasteiger partial charge in [0.1, 0.15) is 22.4 Å². The number of hydrogen-bond donors (Lipinski definition) is 2. The molecule has 1 unspecified atom stereocenters. The fraction of sp³-hybridized carbons (Fsp3) is 0.636. The van der Waals surface area contributed by atoms with Gasteiger partial charge in [-0.2, -0.15) is 0 Å². The quantitative estimate of drug-likeness (QED) is 0.868. The molecule has 0 radical (unpaired) electrons. The highest BCUT2D eigenvalue weighted by molar-refractivity contribution is 9.10. The molecule has 1 aromatic heterocycles. The van der Waals surface area contributed by atoms with Crippen LogP contribution in [0.3, 0.4) is 0 Å². The summed E-state index contributed by atoms with van der Waals surface area (Å²) in [6.45, 7) is 5.30. The van der Waals surface area contributed by atoms with Crippen LogP contribution in [0, 0.1) is 5.92 Å². The maximum Gasteiger partial charge on any atom is 0.146 e. The number of nitrogens with one attached hydrogen (secondary N) is 1. The van der Waals surface area contributed by atoms with Gasteiger partial charge in [-0.15, -0.1) is 0 Å². The highest BCUT2D eigenvalue weighted by Crippen LogP contribution is 2.25. The van der Waals surface area contributed by atoms with Gasteiger partial charge in [0, 0.05) is 12.6 Å².